The fraction of sp³-hybridized carbons (Fsp3) is 0.444. The number of nitrogens with one attached hydrogen (secondary N) is 1. The van der Waals surface area contributed by atoms with Crippen molar-refractivity contribution in [2.45, 2.75) is 25.7 Å². The van der Waals surface area contributed by atoms with Crippen LogP contribution in [-0.4, -0.2) is 55.4 Å². The van der Waals surface area contributed by atoms with Gasteiger partial charge in [0.25, 0.3) is 0 Å². The lowest BCUT2D eigenvalue weighted by Gasteiger charge is -2.34. The predicted molar refractivity (Wildman–Crippen MR) is 108 cm³/mol. The molecule has 0 unspecified atom stereocenters. The minimum absolute atomic E-state index is 0.229. The lowest BCUT2D eigenvalue weighted by atomic mass is 10.2. The standard InChI is InChI=1S/C18H24ClN5O2S/c1-4-20-17-11-14(3)21-18(22-17)23-7-9-24(10-8-23)27(25,26)15-6-5-13(2)16(19)12-15/h5-6,11-12H,4,7-10H2,1-3H3,(H,20,21,22). The first-order chi connectivity index (χ1) is 12.8. The number of benzene rings is 1. The third kappa shape index (κ3) is 4.34. The van der Waals surface area contributed by atoms with Crippen LogP contribution in [0.5, 0.6) is 0 Å². The molecule has 3 rings (SSSR count). The first-order valence-corrected chi connectivity index (χ1v) is 10.7. The number of sulfonamides is 1. The summed E-state index contributed by atoms with van der Waals surface area (Å²) < 4.78 is 27.3. The zero-order chi connectivity index (χ0) is 19.6. The number of rotatable bonds is 5. The van der Waals surface area contributed by atoms with Crippen LogP contribution in [0.3, 0.4) is 0 Å². The molecule has 1 aromatic heterocycles. The molecule has 9 heteroatoms. The highest BCUT2D eigenvalue weighted by Crippen LogP contribution is 2.24. The minimum atomic E-state index is -3.56. The van der Waals surface area contributed by atoms with Gasteiger partial charge in [0.2, 0.25) is 16.0 Å². The zero-order valence-electron chi connectivity index (χ0n) is 15.7. The van der Waals surface area contributed by atoms with Gasteiger partial charge in [-0.05, 0) is 38.5 Å². The third-order valence-electron chi connectivity index (χ3n) is 4.50. The molecule has 0 radical (unpaired) electrons. The molecule has 1 aliphatic rings. The summed E-state index contributed by atoms with van der Waals surface area (Å²) in [5.74, 6) is 1.41. The molecule has 2 heterocycles. The van der Waals surface area contributed by atoms with E-state index in [9.17, 15) is 8.42 Å². The van der Waals surface area contributed by atoms with Gasteiger partial charge in [-0.15, -0.1) is 0 Å². The van der Waals surface area contributed by atoms with Gasteiger partial charge < -0.3 is 10.2 Å². The normalized spacial score (nSPS) is 15.8. The number of halogens is 1. The second kappa shape index (κ2) is 8.00. The van der Waals surface area contributed by atoms with Crippen molar-refractivity contribution in [3.63, 3.8) is 0 Å². The average molecular weight is 410 g/mol. The number of hydrogen-bond donors (Lipinski definition) is 1. The molecule has 0 bridgehead atoms. The van der Waals surface area contributed by atoms with E-state index in [-0.39, 0.29) is 4.90 Å². The maximum Gasteiger partial charge on any atom is 0.243 e. The molecule has 0 aliphatic carbocycles. The Balaban J connectivity index is 1.74. The van der Waals surface area contributed by atoms with Crippen LogP contribution in [0.15, 0.2) is 29.2 Å². The second-order valence-corrected chi connectivity index (χ2v) is 8.87. The van der Waals surface area contributed by atoms with Crippen LogP contribution in [0.4, 0.5) is 11.8 Å². The number of aromatic nitrogens is 2. The first-order valence-electron chi connectivity index (χ1n) is 8.92. The molecule has 0 amide bonds. The highest BCUT2D eigenvalue weighted by Gasteiger charge is 2.29. The fourth-order valence-electron chi connectivity index (χ4n) is 2.98. The largest absolute Gasteiger partial charge is 0.370 e. The van der Waals surface area contributed by atoms with E-state index in [1.807, 2.05) is 31.7 Å². The summed E-state index contributed by atoms with van der Waals surface area (Å²) in [5.41, 5.74) is 1.73. The van der Waals surface area contributed by atoms with Crippen LogP contribution < -0.4 is 10.2 Å². The molecule has 1 saturated heterocycles. The Morgan fingerprint density at radius 3 is 2.44 bits per heavy atom. The highest BCUT2D eigenvalue weighted by atomic mass is 35.5. The minimum Gasteiger partial charge on any atom is -0.370 e. The number of hydrogen-bond acceptors (Lipinski definition) is 6. The van der Waals surface area contributed by atoms with Gasteiger partial charge in [0.1, 0.15) is 5.82 Å². The van der Waals surface area contributed by atoms with Crippen molar-refractivity contribution in [1.29, 1.82) is 0 Å². The van der Waals surface area contributed by atoms with E-state index in [0.29, 0.717) is 37.1 Å². The van der Waals surface area contributed by atoms with Crippen molar-refractivity contribution < 1.29 is 8.42 Å². The summed E-state index contributed by atoms with van der Waals surface area (Å²) >= 11 is 6.10. The van der Waals surface area contributed by atoms with Crippen LogP contribution in [0.1, 0.15) is 18.2 Å². The molecule has 0 atom stereocenters. The molecule has 1 aromatic carbocycles. The summed E-state index contributed by atoms with van der Waals surface area (Å²) in [6.07, 6.45) is 0. The van der Waals surface area contributed by atoms with Crippen molar-refractivity contribution in [2.24, 2.45) is 0 Å². The van der Waals surface area contributed by atoms with Gasteiger partial charge >= 0.3 is 0 Å². The Labute approximate surface area is 165 Å². The predicted octanol–water partition coefficient (Wildman–Crippen LogP) is 2.69. The Bertz CT molecular complexity index is 927. The quantitative estimate of drug-likeness (QED) is 0.817. The molecule has 2 aromatic rings. The van der Waals surface area contributed by atoms with E-state index in [4.69, 9.17) is 11.6 Å². The summed E-state index contributed by atoms with van der Waals surface area (Å²) in [5, 5.41) is 3.65. The molecule has 0 spiro atoms. The van der Waals surface area contributed by atoms with E-state index in [0.717, 1.165) is 23.6 Å². The lowest BCUT2D eigenvalue weighted by Crippen LogP contribution is -2.49. The van der Waals surface area contributed by atoms with Crippen molar-refractivity contribution in [1.82, 2.24) is 14.3 Å². The van der Waals surface area contributed by atoms with E-state index in [2.05, 4.69) is 15.3 Å². The van der Waals surface area contributed by atoms with E-state index >= 15 is 0 Å². The fourth-order valence-corrected chi connectivity index (χ4v) is 4.67. The summed E-state index contributed by atoms with van der Waals surface area (Å²) in [7, 11) is -3.56. The monoisotopic (exact) mass is 409 g/mol. The lowest BCUT2D eigenvalue weighted by molar-refractivity contribution is 0.382. The smallest absolute Gasteiger partial charge is 0.243 e. The first kappa shape index (κ1) is 19.9. The Morgan fingerprint density at radius 1 is 1.11 bits per heavy atom. The molecule has 7 nitrogen and oxygen atoms in total. The number of nitrogens with zero attached hydrogens (tertiary/aromatic N) is 4. The molecular weight excluding hydrogens is 386 g/mol. The van der Waals surface area contributed by atoms with Crippen LogP contribution in [0, 0.1) is 13.8 Å². The number of anilines is 2. The van der Waals surface area contributed by atoms with E-state index in [1.165, 1.54) is 10.4 Å². The van der Waals surface area contributed by atoms with Crippen LogP contribution in [0.25, 0.3) is 0 Å². The van der Waals surface area contributed by atoms with Crippen molar-refractivity contribution in [3.05, 3.63) is 40.5 Å². The maximum atomic E-state index is 12.9. The molecule has 27 heavy (non-hydrogen) atoms. The van der Waals surface area contributed by atoms with E-state index in [1.54, 1.807) is 12.1 Å². The molecule has 1 N–H and O–H groups in total. The summed E-state index contributed by atoms with van der Waals surface area (Å²) in [6, 6.07) is 6.75. The molecule has 1 fully saturated rings. The van der Waals surface area contributed by atoms with E-state index < -0.39 is 10.0 Å². The van der Waals surface area contributed by atoms with Gasteiger partial charge in [-0.25, -0.2) is 13.4 Å². The SMILES string of the molecule is CCNc1cc(C)nc(N2CCN(S(=O)(=O)c3ccc(C)c(Cl)c3)CC2)n1. The topological polar surface area (TPSA) is 78.4 Å². The van der Waals surface area contributed by atoms with Crippen molar-refractivity contribution in [3.8, 4) is 0 Å². The van der Waals surface area contributed by atoms with Crippen molar-refractivity contribution >= 4 is 33.4 Å². The van der Waals surface area contributed by atoms with Crippen LogP contribution in [-0.2, 0) is 10.0 Å². The Morgan fingerprint density at radius 2 is 1.81 bits per heavy atom. The summed E-state index contributed by atoms with van der Waals surface area (Å²) in [6.45, 7) is 8.39. The van der Waals surface area contributed by atoms with Crippen molar-refractivity contribution in [2.75, 3.05) is 42.9 Å². The third-order valence-corrected chi connectivity index (χ3v) is 6.80. The average Bonchev–Trinajstić information content (AvgIpc) is 2.64. The molecular formula is C18H24ClN5O2S. The van der Waals surface area contributed by atoms with Gasteiger partial charge in [-0.2, -0.15) is 9.29 Å². The summed E-state index contributed by atoms with van der Waals surface area (Å²) in [4.78, 5) is 11.3. The van der Waals surface area contributed by atoms with Crippen LogP contribution >= 0.6 is 11.6 Å². The van der Waals surface area contributed by atoms with Crippen LogP contribution in [0.2, 0.25) is 5.02 Å². The van der Waals surface area contributed by atoms with Gasteiger partial charge in [0.05, 0.1) is 4.90 Å². The van der Waals surface area contributed by atoms with Gasteiger partial charge in [-0.3, -0.25) is 0 Å². The molecule has 146 valence electrons. The second-order valence-electron chi connectivity index (χ2n) is 6.53. The number of aryl methyl sites for hydroxylation is 2. The Kier molecular flexibility index (Phi) is 5.88. The number of piperazine rings is 1. The Hall–Kier alpha value is -1.90. The molecule has 0 saturated carbocycles. The van der Waals surface area contributed by atoms with Gasteiger partial charge in [-0.1, -0.05) is 17.7 Å². The molecule has 1 aliphatic heterocycles. The van der Waals surface area contributed by atoms with Gasteiger partial charge in [0, 0.05) is 49.5 Å². The maximum absolute atomic E-state index is 12.9. The van der Waals surface area contributed by atoms with Gasteiger partial charge in [0.15, 0.2) is 0 Å². The highest BCUT2D eigenvalue weighted by molar-refractivity contribution is 7.89. The zero-order valence-corrected chi connectivity index (χ0v) is 17.3.